The quantitative estimate of drug-likeness (QED) is 0.0722. The number of hydroxylamine groups is 1. The number of likely N-dealkylation sites (tertiary alicyclic amines) is 1. The van der Waals surface area contributed by atoms with E-state index in [0.29, 0.717) is 32.2 Å². The third-order valence-corrected chi connectivity index (χ3v) is 9.80. The maximum atomic E-state index is 12.8. The Hall–Kier alpha value is -4.33. The van der Waals surface area contributed by atoms with Crippen molar-refractivity contribution in [1.82, 2.24) is 25.2 Å². The number of carbonyl (C=O) groups is 2. The van der Waals surface area contributed by atoms with Crippen molar-refractivity contribution in [3.63, 3.8) is 0 Å². The Morgan fingerprint density at radius 2 is 1.52 bits per heavy atom. The van der Waals surface area contributed by atoms with Crippen LogP contribution in [0.15, 0.2) is 77.6 Å². The molecule has 3 atom stereocenters. The number of para-hydroxylation sites is 2. The number of benzene rings is 3. The van der Waals surface area contributed by atoms with Gasteiger partial charge in [0, 0.05) is 57.0 Å². The van der Waals surface area contributed by atoms with Crippen molar-refractivity contribution in [2.75, 3.05) is 19.6 Å². The Morgan fingerprint density at radius 3 is 2.24 bits per heavy atom. The monoisotopic (exact) mass is 685 g/mol. The highest BCUT2D eigenvalue weighted by atomic mass is 16.7. The van der Waals surface area contributed by atoms with E-state index < -0.39 is 12.2 Å². The second-order valence-corrected chi connectivity index (χ2v) is 13.3. The number of aliphatic hydroxyl groups excluding tert-OH is 1. The molecule has 2 amide bonds. The number of unbranched alkanes of at least 4 members (excludes halogenated alkanes) is 2. The predicted octanol–water partition coefficient (Wildman–Crippen LogP) is 4.78. The number of hydrogen-bond acceptors (Lipinski definition) is 8. The molecule has 0 bridgehead atoms. The Labute approximate surface area is 291 Å². The normalized spacial score (nSPS) is 20.2. The zero-order valence-electron chi connectivity index (χ0n) is 28.3. The van der Waals surface area contributed by atoms with Gasteiger partial charge in [-0.2, -0.15) is 0 Å². The molecule has 12 nitrogen and oxygen atoms in total. The largest absolute Gasteiger partial charge is 0.392 e. The van der Waals surface area contributed by atoms with Crippen LogP contribution < -0.4 is 16.5 Å². The van der Waals surface area contributed by atoms with Gasteiger partial charge in [-0.05, 0) is 54.5 Å². The van der Waals surface area contributed by atoms with Gasteiger partial charge >= 0.3 is 5.69 Å². The molecule has 5 N–H and O–H groups in total. The molecule has 12 heteroatoms. The van der Waals surface area contributed by atoms with Crippen LogP contribution in [0.2, 0.25) is 0 Å². The highest BCUT2D eigenvalue weighted by Crippen LogP contribution is 2.38. The van der Waals surface area contributed by atoms with Crippen LogP contribution in [0.4, 0.5) is 0 Å². The topological polar surface area (TPSA) is 158 Å². The minimum absolute atomic E-state index is 0.0148. The number of amides is 2. The zero-order chi connectivity index (χ0) is 34.9. The summed E-state index contributed by atoms with van der Waals surface area (Å²) in [5.74, 6) is -0.461. The van der Waals surface area contributed by atoms with Gasteiger partial charge in [0.05, 0.1) is 29.8 Å². The Kier molecular flexibility index (Phi) is 12.1. The van der Waals surface area contributed by atoms with Crippen molar-refractivity contribution in [2.45, 2.75) is 89.1 Å². The molecule has 50 heavy (non-hydrogen) atoms. The molecule has 0 saturated carbocycles. The fourth-order valence-corrected chi connectivity index (χ4v) is 7.00. The van der Waals surface area contributed by atoms with E-state index in [1.807, 2.05) is 77.4 Å². The number of fused-ring (bicyclic) bond motifs is 1. The van der Waals surface area contributed by atoms with Crippen molar-refractivity contribution < 1.29 is 29.4 Å². The van der Waals surface area contributed by atoms with Crippen LogP contribution in [0, 0.1) is 0 Å². The van der Waals surface area contributed by atoms with Gasteiger partial charge in [0.2, 0.25) is 11.8 Å². The van der Waals surface area contributed by atoms with Gasteiger partial charge in [0.25, 0.3) is 0 Å². The van der Waals surface area contributed by atoms with E-state index in [4.69, 9.17) is 14.7 Å². The first kappa shape index (κ1) is 35.5. The molecule has 3 aromatic carbocycles. The lowest BCUT2D eigenvalue weighted by atomic mass is 9.98. The number of hydrogen-bond donors (Lipinski definition) is 5. The number of aliphatic hydroxyl groups is 1. The van der Waals surface area contributed by atoms with Crippen molar-refractivity contribution >= 4 is 22.8 Å². The molecule has 0 spiro atoms. The van der Waals surface area contributed by atoms with Crippen molar-refractivity contribution in [3.05, 3.63) is 106 Å². The lowest BCUT2D eigenvalue weighted by Crippen LogP contribution is -2.43. The number of H-pyrrole nitrogens is 1. The molecular formula is C38H47N5O7. The van der Waals surface area contributed by atoms with Gasteiger partial charge in [-0.25, -0.2) is 10.3 Å². The summed E-state index contributed by atoms with van der Waals surface area (Å²) in [6.07, 6.45) is 4.24. The number of nitrogens with zero attached hydrogens (tertiary/aromatic N) is 2. The van der Waals surface area contributed by atoms with Crippen LogP contribution in [0.5, 0.6) is 0 Å². The number of imidazole rings is 1. The fraction of sp³-hybridized carbons (Fsp3) is 0.447. The van der Waals surface area contributed by atoms with Crippen LogP contribution in [0.3, 0.4) is 0 Å². The number of ether oxygens (including phenoxy) is 2. The Balaban J connectivity index is 1.05. The van der Waals surface area contributed by atoms with Crippen molar-refractivity contribution in [2.24, 2.45) is 0 Å². The maximum absolute atomic E-state index is 12.8. The smallest absolute Gasteiger partial charge is 0.326 e. The van der Waals surface area contributed by atoms with E-state index in [2.05, 4.69) is 15.2 Å². The molecule has 266 valence electrons. The first-order valence-corrected chi connectivity index (χ1v) is 17.6. The molecule has 3 heterocycles. The summed E-state index contributed by atoms with van der Waals surface area (Å²) in [5.41, 5.74) is 7.13. The Bertz CT molecular complexity index is 1760. The number of nitrogens with one attached hydrogen (secondary N) is 3. The summed E-state index contributed by atoms with van der Waals surface area (Å²) in [7, 11) is 0. The summed E-state index contributed by atoms with van der Waals surface area (Å²) >= 11 is 0. The molecule has 2 aliphatic rings. The lowest BCUT2D eigenvalue weighted by Gasteiger charge is -2.40. The molecule has 0 aliphatic carbocycles. The first-order chi connectivity index (χ1) is 24.4. The summed E-state index contributed by atoms with van der Waals surface area (Å²) in [6, 6.07) is 23.8. The van der Waals surface area contributed by atoms with E-state index in [1.165, 1.54) is 0 Å². The summed E-state index contributed by atoms with van der Waals surface area (Å²) in [6.45, 7) is 2.86. The van der Waals surface area contributed by atoms with E-state index in [9.17, 15) is 19.5 Å². The third-order valence-electron chi connectivity index (χ3n) is 9.80. The molecule has 2 saturated heterocycles. The van der Waals surface area contributed by atoms with Gasteiger partial charge in [0.15, 0.2) is 6.29 Å². The lowest BCUT2D eigenvalue weighted by molar-refractivity contribution is -0.253. The summed E-state index contributed by atoms with van der Waals surface area (Å²) < 4.78 is 15.1. The van der Waals surface area contributed by atoms with Crippen LogP contribution in [0.25, 0.3) is 11.0 Å². The molecule has 6 rings (SSSR count). The summed E-state index contributed by atoms with van der Waals surface area (Å²) in [5, 5.41) is 21.1. The third kappa shape index (κ3) is 9.06. The number of aromatic amines is 1. The molecule has 4 aromatic rings. The van der Waals surface area contributed by atoms with Crippen LogP contribution in [-0.4, -0.2) is 62.3 Å². The number of carbonyl (C=O) groups excluding carboxylic acids is 2. The number of rotatable bonds is 14. The van der Waals surface area contributed by atoms with E-state index in [0.717, 1.165) is 72.2 Å². The minimum Gasteiger partial charge on any atom is -0.392 e. The first-order valence-electron chi connectivity index (χ1n) is 17.6. The molecule has 1 aromatic heterocycles. The second-order valence-electron chi connectivity index (χ2n) is 13.3. The SMILES string of the molecule is O=C(CCCCCC(=O)NCc1ccc([C@@H]2O[C@H](CN3CCC(n4c(=O)[nH]c5ccccc54)CC3)C[C@H](c3ccc(CO)cc3)O2)cc1)NO. The minimum atomic E-state index is -0.574. The van der Waals surface area contributed by atoms with Crippen LogP contribution in [0.1, 0.15) is 92.1 Å². The highest BCUT2D eigenvalue weighted by Gasteiger charge is 2.34. The number of piperidine rings is 1. The maximum Gasteiger partial charge on any atom is 0.326 e. The molecular weight excluding hydrogens is 638 g/mol. The van der Waals surface area contributed by atoms with E-state index >= 15 is 0 Å². The molecule has 2 aliphatic heterocycles. The molecule has 0 radical (unpaired) electrons. The van der Waals surface area contributed by atoms with Gasteiger partial charge in [-0.1, -0.05) is 67.1 Å². The fourth-order valence-electron chi connectivity index (χ4n) is 7.00. The van der Waals surface area contributed by atoms with Crippen molar-refractivity contribution in [1.29, 1.82) is 0 Å². The van der Waals surface area contributed by atoms with Crippen LogP contribution in [-0.2, 0) is 32.2 Å². The standard InChI is InChI=1S/C38H47N5O7/c44-25-27-12-14-28(15-13-27)34-22-31(24-42-20-18-30(19-21-42)43-33-7-5-4-6-32(33)40-38(43)47)49-37(50-34)29-16-10-26(11-17-29)23-39-35(45)8-2-1-3-9-36(46)41-48/h4-7,10-17,30-31,34,37,44,48H,1-3,8-9,18-25H2,(H,39,45)(H,40,47)(H,41,46)/t31-,34+,37+/m0/s1. The van der Waals surface area contributed by atoms with Gasteiger partial charge in [-0.15, -0.1) is 0 Å². The van der Waals surface area contributed by atoms with Crippen LogP contribution >= 0.6 is 0 Å². The van der Waals surface area contributed by atoms with E-state index in [-0.39, 0.29) is 42.9 Å². The van der Waals surface area contributed by atoms with Gasteiger partial charge in [-0.3, -0.25) is 19.4 Å². The van der Waals surface area contributed by atoms with Gasteiger partial charge in [0.1, 0.15) is 0 Å². The van der Waals surface area contributed by atoms with Crippen molar-refractivity contribution in [3.8, 4) is 0 Å². The average molecular weight is 686 g/mol. The molecule has 0 unspecified atom stereocenters. The highest BCUT2D eigenvalue weighted by molar-refractivity contribution is 5.76. The summed E-state index contributed by atoms with van der Waals surface area (Å²) in [4.78, 5) is 41.7. The predicted molar refractivity (Wildman–Crippen MR) is 187 cm³/mol. The number of aromatic nitrogens is 2. The second kappa shape index (κ2) is 17.1. The molecule has 2 fully saturated rings. The zero-order valence-corrected chi connectivity index (χ0v) is 28.3. The van der Waals surface area contributed by atoms with E-state index in [1.54, 1.807) is 5.48 Å². The average Bonchev–Trinajstić information content (AvgIpc) is 3.49. The van der Waals surface area contributed by atoms with Gasteiger partial charge < -0.3 is 29.8 Å². The Morgan fingerprint density at radius 1 is 0.840 bits per heavy atom.